The highest BCUT2D eigenvalue weighted by atomic mass is 32.2. The number of nitrogens with zero attached hydrogens (tertiary/aromatic N) is 1. The van der Waals surface area contributed by atoms with E-state index in [4.69, 9.17) is 10.5 Å². The number of carbonyl (C=O) groups excluding carboxylic acids is 2. The van der Waals surface area contributed by atoms with Crippen LogP contribution in [0.5, 0.6) is 5.75 Å². The maximum absolute atomic E-state index is 13.0. The van der Waals surface area contributed by atoms with Gasteiger partial charge in [0, 0.05) is 18.0 Å². The zero-order valence-corrected chi connectivity index (χ0v) is 14.8. The first-order valence-corrected chi connectivity index (χ1v) is 9.02. The van der Waals surface area contributed by atoms with Crippen LogP contribution in [0.3, 0.4) is 0 Å². The van der Waals surface area contributed by atoms with Gasteiger partial charge in [-0.3, -0.25) is 9.59 Å². The van der Waals surface area contributed by atoms with Crippen molar-refractivity contribution in [3.05, 3.63) is 59.2 Å². The number of fused-ring (bicyclic) bond motifs is 1. The maximum atomic E-state index is 13.0. The molecule has 0 aromatic heterocycles. The van der Waals surface area contributed by atoms with Gasteiger partial charge in [0.2, 0.25) is 5.91 Å². The molecular formula is C19H20N2O3S. The number of benzene rings is 2. The lowest BCUT2D eigenvalue weighted by atomic mass is 9.99. The number of carbonyl (C=O) groups is 2. The predicted octanol–water partition coefficient (Wildman–Crippen LogP) is 2.47. The van der Waals surface area contributed by atoms with Gasteiger partial charge in [0.05, 0.1) is 18.4 Å². The number of nitrogens with two attached hydrogens (primary N) is 1. The normalized spacial score (nSPS) is 13.2. The minimum atomic E-state index is -0.397. The molecule has 5 nitrogen and oxygen atoms in total. The van der Waals surface area contributed by atoms with Crippen molar-refractivity contribution in [1.82, 2.24) is 4.90 Å². The van der Waals surface area contributed by atoms with Crippen molar-refractivity contribution in [2.24, 2.45) is 5.73 Å². The molecule has 2 N–H and O–H groups in total. The molecule has 25 heavy (non-hydrogen) atoms. The van der Waals surface area contributed by atoms with Gasteiger partial charge >= 0.3 is 0 Å². The van der Waals surface area contributed by atoms with E-state index < -0.39 is 5.91 Å². The molecule has 0 saturated carbocycles. The Morgan fingerprint density at radius 2 is 2.00 bits per heavy atom. The van der Waals surface area contributed by atoms with Crippen LogP contribution >= 0.6 is 11.8 Å². The standard InChI is InChI=1S/C19H20N2O3S/c1-24-15-7-6-13-8-9-21(11-14(13)10-15)19(23)16-4-2-3-5-17(16)25-12-18(20)22/h2-7,10H,8-9,11-12H2,1H3,(H2,20,22). The summed E-state index contributed by atoms with van der Waals surface area (Å²) in [6.07, 6.45) is 0.821. The fourth-order valence-electron chi connectivity index (χ4n) is 2.92. The number of primary amides is 1. The monoisotopic (exact) mass is 356 g/mol. The van der Waals surface area contributed by atoms with Crippen LogP contribution in [-0.2, 0) is 17.8 Å². The van der Waals surface area contributed by atoms with E-state index in [1.54, 1.807) is 13.2 Å². The van der Waals surface area contributed by atoms with Gasteiger partial charge in [-0.15, -0.1) is 11.8 Å². The van der Waals surface area contributed by atoms with Crippen molar-refractivity contribution < 1.29 is 14.3 Å². The van der Waals surface area contributed by atoms with Crippen LogP contribution in [0, 0.1) is 0 Å². The minimum absolute atomic E-state index is 0.0268. The summed E-state index contributed by atoms with van der Waals surface area (Å²) < 4.78 is 5.28. The predicted molar refractivity (Wildman–Crippen MR) is 97.8 cm³/mol. The van der Waals surface area contributed by atoms with Crippen molar-refractivity contribution in [2.75, 3.05) is 19.4 Å². The summed E-state index contributed by atoms with van der Waals surface area (Å²) in [5.41, 5.74) is 8.20. The van der Waals surface area contributed by atoms with Gasteiger partial charge in [-0.1, -0.05) is 18.2 Å². The van der Waals surface area contributed by atoms with E-state index in [1.165, 1.54) is 17.3 Å². The van der Waals surface area contributed by atoms with Crippen molar-refractivity contribution in [3.8, 4) is 5.75 Å². The van der Waals surface area contributed by atoms with Gasteiger partial charge in [0.15, 0.2) is 0 Å². The van der Waals surface area contributed by atoms with Gasteiger partial charge in [-0.05, 0) is 41.8 Å². The number of hydrogen-bond donors (Lipinski definition) is 1. The molecule has 0 fully saturated rings. The smallest absolute Gasteiger partial charge is 0.255 e. The van der Waals surface area contributed by atoms with Gasteiger partial charge in [-0.25, -0.2) is 0 Å². The first kappa shape index (κ1) is 17.4. The third kappa shape index (κ3) is 3.96. The SMILES string of the molecule is COc1ccc2c(c1)CN(C(=O)c1ccccc1SCC(N)=O)CC2. The highest BCUT2D eigenvalue weighted by molar-refractivity contribution is 8.00. The van der Waals surface area contributed by atoms with Gasteiger partial charge < -0.3 is 15.4 Å². The van der Waals surface area contributed by atoms with Crippen LogP contribution in [0.25, 0.3) is 0 Å². The molecule has 0 aliphatic carbocycles. The Morgan fingerprint density at radius 1 is 1.20 bits per heavy atom. The van der Waals surface area contributed by atoms with E-state index >= 15 is 0 Å². The van der Waals surface area contributed by atoms with Crippen molar-refractivity contribution in [1.29, 1.82) is 0 Å². The first-order valence-electron chi connectivity index (χ1n) is 8.03. The van der Waals surface area contributed by atoms with Crippen LogP contribution in [0.4, 0.5) is 0 Å². The molecule has 3 rings (SSSR count). The molecule has 2 aromatic carbocycles. The summed E-state index contributed by atoms with van der Waals surface area (Å²) in [5.74, 6) is 0.530. The molecule has 0 bridgehead atoms. The molecule has 1 aliphatic rings. The van der Waals surface area contributed by atoms with Crippen LogP contribution in [0.15, 0.2) is 47.4 Å². The molecule has 0 atom stereocenters. The molecule has 2 amide bonds. The third-order valence-electron chi connectivity index (χ3n) is 4.20. The lowest BCUT2D eigenvalue weighted by Crippen LogP contribution is -2.36. The maximum Gasteiger partial charge on any atom is 0.255 e. The van der Waals surface area contributed by atoms with Crippen LogP contribution in [-0.4, -0.2) is 36.1 Å². The van der Waals surface area contributed by atoms with E-state index in [9.17, 15) is 9.59 Å². The van der Waals surface area contributed by atoms with Crippen LogP contribution < -0.4 is 10.5 Å². The highest BCUT2D eigenvalue weighted by Crippen LogP contribution is 2.28. The number of rotatable bonds is 5. The Bertz CT molecular complexity index is 807. The van der Waals surface area contributed by atoms with Crippen molar-refractivity contribution >= 4 is 23.6 Å². The van der Waals surface area contributed by atoms with Crippen molar-refractivity contribution in [2.45, 2.75) is 17.9 Å². The van der Waals surface area contributed by atoms with E-state index in [0.717, 1.165) is 22.6 Å². The van der Waals surface area contributed by atoms with E-state index in [2.05, 4.69) is 6.07 Å². The average molecular weight is 356 g/mol. The lowest BCUT2D eigenvalue weighted by Gasteiger charge is -2.29. The first-order chi connectivity index (χ1) is 12.1. The lowest BCUT2D eigenvalue weighted by molar-refractivity contribution is -0.115. The number of thioether (sulfide) groups is 1. The topological polar surface area (TPSA) is 72.6 Å². The second-order valence-electron chi connectivity index (χ2n) is 5.86. The summed E-state index contributed by atoms with van der Waals surface area (Å²) in [6, 6.07) is 13.3. The number of ether oxygens (including phenoxy) is 1. The molecular weight excluding hydrogens is 336 g/mol. The number of amides is 2. The van der Waals surface area contributed by atoms with Gasteiger partial charge in [-0.2, -0.15) is 0 Å². The Morgan fingerprint density at radius 3 is 2.76 bits per heavy atom. The van der Waals surface area contributed by atoms with Crippen LogP contribution in [0.1, 0.15) is 21.5 Å². The Kier molecular flexibility index (Phi) is 5.28. The molecule has 0 saturated heterocycles. The quantitative estimate of drug-likeness (QED) is 0.836. The van der Waals surface area contributed by atoms with Crippen molar-refractivity contribution in [3.63, 3.8) is 0 Å². The minimum Gasteiger partial charge on any atom is -0.497 e. The Labute approximate surface area is 151 Å². The molecule has 0 unspecified atom stereocenters. The zero-order chi connectivity index (χ0) is 17.8. The van der Waals surface area contributed by atoms with Gasteiger partial charge in [0.1, 0.15) is 5.75 Å². The van der Waals surface area contributed by atoms with E-state index in [0.29, 0.717) is 18.7 Å². The highest BCUT2D eigenvalue weighted by Gasteiger charge is 2.24. The number of hydrogen-bond acceptors (Lipinski definition) is 4. The summed E-state index contributed by atoms with van der Waals surface area (Å²) in [7, 11) is 1.64. The summed E-state index contributed by atoms with van der Waals surface area (Å²) in [4.78, 5) is 26.7. The molecule has 2 aromatic rings. The molecule has 0 radical (unpaired) electrons. The summed E-state index contributed by atoms with van der Waals surface area (Å²) in [5, 5.41) is 0. The van der Waals surface area contributed by atoms with Gasteiger partial charge in [0.25, 0.3) is 5.91 Å². The Balaban J connectivity index is 1.81. The van der Waals surface area contributed by atoms with E-state index in [-0.39, 0.29) is 11.7 Å². The second-order valence-corrected chi connectivity index (χ2v) is 6.88. The average Bonchev–Trinajstić information content (AvgIpc) is 2.65. The largest absolute Gasteiger partial charge is 0.497 e. The molecule has 6 heteroatoms. The zero-order valence-electron chi connectivity index (χ0n) is 14.0. The fraction of sp³-hybridized carbons (Fsp3) is 0.263. The molecule has 0 spiro atoms. The molecule has 1 heterocycles. The molecule has 1 aliphatic heterocycles. The van der Waals surface area contributed by atoms with E-state index in [1.807, 2.05) is 35.2 Å². The third-order valence-corrected chi connectivity index (χ3v) is 5.30. The summed E-state index contributed by atoms with van der Waals surface area (Å²) >= 11 is 1.30. The second kappa shape index (κ2) is 7.61. The number of methoxy groups -OCH3 is 1. The van der Waals surface area contributed by atoms with Crippen LogP contribution in [0.2, 0.25) is 0 Å². The fourth-order valence-corrected chi connectivity index (χ4v) is 3.71. The molecule has 130 valence electrons. The Hall–Kier alpha value is -2.47. The summed E-state index contributed by atoms with van der Waals surface area (Å²) in [6.45, 7) is 1.23.